The number of thiophene rings is 1. The van der Waals surface area contributed by atoms with Crippen LogP contribution in [0.5, 0.6) is 0 Å². The summed E-state index contributed by atoms with van der Waals surface area (Å²) in [6, 6.07) is 19.2. The molecular weight excluding hydrogens is 372 g/mol. The standard InChI is InChI=1S/C21H16N4O2S/c1-21(23-19(26)14-9-11-15(24-22)12-10-14)18(17-8-5-13-28-17)25(20(21)27)16-6-3-2-4-7-16/h2-13,18H,1H3/p+1/t18-,21-/m1/s1. The SMILES string of the molecule is C[C@]1(NC(=O)c2ccc([N+]#N)cc2)C(=O)N(c2ccccc2)[C@@H]1c1cccs1. The van der Waals surface area contributed by atoms with E-state index in [4.69, 9.17) is 5.39 Å². The number of diazo groups is 1. The number of nitrogens with zero attached hydrogens (tertiary/aromatic N) is 3. The molecule has 2 amide bonds. The lowest BCUT2D eigenvalue weighted by molar-refractivity contribution is -0.133. The van der Waals surface area contributed by atoms with Crippen molar-refractivity contribution < 1.29 is 9.59 Å². The van der Waals surface area contributed by atoms with Crippen LogP contribution in [-0.2, 0) is 4.79 Å². The highest BCUT2D eigenvalue weighted by Gasteiger charge is 2.60. The van der Waals surface area contributed by atoms with Gasteiger partial charge in [0.15, 0.2) is 4.98 Å². The van der Waals surface area contributed by atoms with Crippen LogP contribution < -0.4 is 10.2 Å². The molecule has 0 saturated carbocycles. The fourth-order valence-electron chi connectivity index (χ4n) is 3.50. The largest absolute Gasteiger partial charge is 0.385 e. The van der Waals surface area contributed by atoms with Crippen molar-refractivity contribution >= 4 is 34.5 Å². The highest BCUT2D eigenvalue weighted by atomic mass is 32.1. The third-order valence-corrected chi connectivity index (χ3v) is 5.86. The normalized spacial score (nSPS) is 20.9. The molecule has 0 unspecified atom stereocenters. The Kier molecular flexibility index (Phi) is 4.41. The molecule has 1 N–H and O–H groups in total. The van der Waals surface area contributed by atoms with Gasteiger partial charge in [0.1, 0.15) is 11.6 Å². The van der Waals surface area contributed by atoms with E-state index in [1.807, 2.05) is 47.8 Å². The second kappa shape index (κ2) is 6.91. The van der Waals surface area contributed by atoms with Crippen molar-refractivity contribution in [2.45, 2.75) is 18.5 Å². The summed E-state index contributed by atoms with van der Waals surface area (Å²) in [5.41, 5.74) is 0.489. The molecule has 2 aromatic carbocycles. The van der Waals surface area contributed by atoms with Crippen molar-refractivity contribution in [3.8, 4) is 0 Å². The molecule has 1 aromatic heterocycles. The number of β-lactam (4-membered cyclic amide) rings is 1. The second-order valence-electron chi connectivity index (χ2n) is 6.73. The van der Waals surface area contributed by atoms with Gasteiger partial charge in [0.05, 0.1) is 0 Å². The van der Waals surface area contributed by atoms with Gasteiger partial charge >= 0.3 is 5.69 Å². The highest BCUT2D eigenvalue weighted by Crippen LogP contribution is 2.47. The van der Waals surface area contributed by atoms with Gasteiger partial charge in [-0.2, -0.15) is 0 Å². The maximum atomic E-state index is 13.1. The van der Waals surface area contributed by atoms with Gasteiger partial charge in [-0.3, -0.25) is 14.5 Å². The number of nitrogens with one attached hydrogen (secondary N) is 1. The average Bonchev–Trinajstić information content (AvgIpc) is 3.25. The Hall–Kier alpha value is -3.50. The van der Waals surface area contributed by atoms with Crippen LogP contribution in [0, 0.1) is 5.39 Å². The van der Waals surface area contributed by atoms with E-state index >= 15 is 0 Å². The van der Waals surface area contributed by atoms with Gasteiger partial charge in [0.2, 0.25) is 5.39 Å². The Morgan fingerprint density at radius 2 is 1.82 bits per heavy atom. The van der Waals surface area contributed by atoms with Crippen molar-refractivity contribution in [3.63, 3.8) is 0 Å². The summed E-state index contributed by atoms with van der Waals surface area (Å²) in [6.07, 6.45) is 0. The van der Waals surface area contributed by atoms with E-state index in [0.717, 1.165) is 10.6 Å². The summed E-state index contributed by atoms with van der Waals surface area (Å²) in [5.74, 6) is -0.512. The number of carbonyl (C=O) groups is 2. The average molecular weight is 389 g/mol. The summed E-state index contributed by atoms with van der Waals surface area (Å²) in [6.45, 7) is 1.76. The lowest BCUT2D eigenvalue weighted by Gasteiger charge is -2.54. The molecule has 3 aromatic rings. The molecule has 6 nitrogen and oxygen atoms in total. The Labute approximate surface area is 166 Å². The molecule has 138 valence electrons. The topological polar surface area (TPSA) is 77.6 Å². The lowest BCUT2D eigenvalue weighted by atomic mass is 9.78. The Morgan fingerprint density at radius 1 is 1.11 bits per heavy atom. The molecule has 0 bridgehead atoms. The summed E-state index contributed by atoms with van der Waals surface area (Å²) < 4.78 is 0. The fraction of sp³-hybridized carbons (Fsp3) is 0.143. The fourth-order valence-corrected chi connectivity index (χ4v) is 4.44. The van der Waals surface area contributed by atoms with Crippen LogP contribution in [0.4, 0.5) is 11.4 Å². The molecule has 28 heavy (non-hydrogen) atoms. The first-order chi connectivity index (χ1) is 13.5. The Bertz CT molecular complexity index is 1060. The van der Waals surface area contributed by atoms with E-state index < -0.39 is 5.54 Å². The number of amides is 2. The number of anilines is 1. The van der Waals surface area contributed by atoms with E-state index in [0.29, 0.717) is 11.3 Å². The first-order valence-corrected chi connectivity index (χ1v) is 9.62. The molecular formula is C21H17N4O2S+. The number of hydrogen-bond donors (Lipinski definition) is 1. The molecule has 1 fully saturated rings. The van der Waals surface area contributed by atoms with E-state index in [2.05, 4.69) is 10.3 Å². The molecule has 0 spiro atoms. The molecule has 0 radical (unpaired) electrons. The number of benzene rings is 2. The van der Waals surface area contributed by atoms with Gasteiger partial charge in [0.25, 0.3) is 11.8 Å². The predicted molar refractivity (Wildman–Crippen MR) is 108 cm³/mol. The Morgan fingerprint density at radius 3 is 2.43 bits per heavy atom. The first kappa shape index (κ1) is 17.9. The smallest absolute Gasteiger partial charge is 0.336 e. The van der Waals surface area contributed by atoms with Crippen LogP contribution in [0.25, 0.3) is 4.98 Å². The van der Waals surface area contributed by atoms with Gasteiger partial charge in [-0.15, -0.1) is 11.3 Å². The number of rotatable bonds is 4. The molecule has 4 rings (SSSR count). The molecule has 7 heteroatoms. The van der Waals surface area contributed by atoms with Gasteiger partial charge < -0.3 is 5.32 Å². The van der Waals surface area contributed by atoms with Gasteiger partial charge in [-0.05, 0) is 42.6 Å². The van der Waals surface area contributed by atoms with E-state index in [1.54, 1.807) is 35.3 Å². The minimum Gasteiger partial charge on any atom is -0.336 e. The summed E-state index contributed by atoms with van der Waals surface area (Å²) in [5, 5.41) is 13.7. The van der Waals surface area contributed by atoms with Crippen LogP contribution in [-0.4, -0.2) is 17.4 Å². The van der Waals surface area contributed by atoms with Crippen LogP contribution in [0.15, 0.2) is 72.1 Å². The van der Waals surface area contributed by atoms with Crippen molar-refractivity contribution in [1.29, 1.82) is 5.39 Å². The zero-order chi connectivity index (χ0) is 19.7. The lowest BCUT2D eigenvalue weighted by Crippen LogP contribution is -2.74. The second-order valence-corrected chi connectivity index (χ2v) is 7.71. The molecule has 1 aliphatic heterocycles. The summed E-state index contributed by atoms with van der Waals surface area (Å²) >= 11 is 1.55. The quantitative estimate of drug-likeness (QED) is 0.527. The van der Waals surface area contributed by atoms with E-state index in [1.165, 1.54) is 12.1 Å². The predicted octanol–water partition coefficient (Wildman–Crippen LogP) is 4.51. The monoisotopic (exact) mass is 389 g/mol. The maximum absolute atomic E-state index is 13.1. The van der Waals surface area contributed by atoms with E-state index in [9.17, 15) is 9.59 Å². The van der Waals surface area contributed by atoms with Crippen molar-refractivity contribution in [1.82, 2.24) is 5.32 Å². The van der Waals surface area contributed by atoms with Crippen LogP contribution in [0.3, 0.4) is 0 Å². The first-order valence-electron chi connectivity index (χ1n) is 8.74. The van der Waals surface area contributed by atoms with E-state index in [-0.39, 0.29) is 17.9 Å². The third-order valence-electron chi connectivity index (χ3n) is 4.93. The molecule has 2 heterocycles. The molecule has 1 saturated heterocycles. The summed E-state index contributed by atoms with van der Waals surface area (Å²) in [4.78, 5) is 31.7. The van der Waals surface area contributed by atoms with Crippen LogP contribution >= 0.6 is 11.3 Å². The molecule has 0 aliphatic carbocycles. The van der Waals surface area contributed by atoms with Crippen LogP contribution in [0.1, 0.15) is 28.2 Å². The maximum Gasteiger partial charge on any atom is 0.385 e. The zero-order valence-corrected chi connectivity index (χ0v) is 15.9. The van der Waals surface area contributed by atoms with Crippen molar-refractivity contribution in [2.75, 3.05) is 4.90 Å². The molecule has 2 atom stereocenters. The van der Waals surface area contributed by atoms with Crippen molar-refractivity contribution in [2.24, 2.45) is 0 Å². The highest BCUT2D eigenvalue weighted by molar-refractivity contribution is 7.10. The zero-order valence-electron chi connectivity index (χ0n) is 15.1. The number of hydrogen-bond acceptors (Lipinski definition) is 4. The van der Waals surface area contributed by atoms with Gasteiger partial charge in [-0.1, -0.05) is 24.3 Å². The number of para-hydroxylation sites is 1. The summed E-state index contributed by atoms with van der Waals surface area (Å²) in [7, 11) is 0. The van der Waals surface area contributed by atoms with Crippen LogP contribution in [0.2, 0.25) is 0 Å². The minimum atomic E-state index is -1.06. The third kappa shape index (κ3) is 2.84. The molecule has 1 aliphatic rings. The Balaban J connectivity index is 1.65. The number of carbonyl (C=O) groups excluding carboxylic acids is 2. The van der Waals surface area contributed by atoms with Gasteiger partial charge in [-0.25, -0.2) is 0 Å². The van der Waals surface area contributed by atoms with Crippen molar-refractivity contribution in [3.05, 3.63) is 87.5 Å². The van der Waals surface area contributed by atoms with Gasteiger partial charge in [0, 0.05) is 28.3 Å². The minimum absolute atomic E-state index is 0.160.